The molecular formula is C19H15NO3. The quantitative estimate of drug-likeness (QED) is 0.665. The summed E-state index contributed by atoms with van der Waals surface area (Å²) in [6.45, 7) is 0. The second-order valence-electron chi connectivity index (χ2n) is 4.94. The molecule has 0 fully saturated rings. The van der Waals surface area contributed by atoms with E-state index in [1.807, 2.05) is 36.4 Å². The van der Waals surface area contributed by atoms with Gasteiger partial charge in [-0.05, 0) is 23.8 Å². The SMILES string of the molecule is COc1ccc(C=C(C#N)c2occ3ccccc23)cc1OC. The van der Waals surface area contributed by atoms with Gasteiger partial charge in [0.25, 0.3) is 0 Å². The fourth-order valence-electron chi connectivity index (χ4n) is 2.46. The summed E-state index contributed by atoms with van der Waals surface area (Å²) >= 11 is 0. The molecule has 3 aromatic rings. The van der Waals surface area contributed by atoms with E-state index in [1.54, 1.807) is 32.6 Å². The lowest BCUT2D eigenvalue weighted by atomic mass is 10.1. The number of nitriles is 1. The highest BCUT2D eigenvalue weighted by Crippen LogP contribution is 2.31. The van der Waals surface area contributed by atoms with Gasteiger partial charge >= 0.3 is 0 Å². The van der Waals surface area contributed by atoms with Crippen LogP contribution in [0.25, 0.3) is 22.4 Å². The summed E-state index contributed by atoms with van der Waals surface area (Å²) in [7, 11) is 3.17. The van der Waals surface area contributed by atoms with Crippen LogP contribution in [0.4, 0.5) is 0 Å². The molecule has 1 aromatic heterocycles. The second kappa shape index (κ2) is 6.29. The van der Waals surface area contributed by atoms with E-state index < -0.39 is 0 Å². The molecule has 0 N–H and O–H groups in total. The Hall–Kier alpha value is -3.19. The Labute approximate surface area is 134 Å². The summed E-state index contributed by atoms with van der Waals surface area (Å²) in [5.41, 5.74) is 1.29. The van der Waals surface area contributed by atoms with Gasteiger partial charge in [-0.2, -0.15) is 5.26 Å². The number of benzene rings is 2. The maximum absolute atomic E-state index is 9.51. The Bertz CT molecular complexity index is 916. The van der Waals surface area contributed by atoms with Gasteiger partial charge < -0.3 is 13.9 Å². The first-order valence-electron chi connectivity index (χ1n) is 7.07. The number of hydrogen-bond acceptors (Lipinski definition) is 4. The van der Waals surface area contributed by atoms with E-state index in [2.05, 4.69) is 6.07 Å². The maximum Gasteiger partial charge on any atom is 0.161 e. The first-order chi connectivity index (χ1) is 11.3. The largest absolute Gasteiger partial charge is 0.493 e. The van der Waals surface area contributed by atoms with Crippen molar-refractivity contribution in [2.24, 2.45) is 0 Å². The lowest BCUT2D eigenvalue weighted by molar-refractivity contribution is 0.355. The first-order valence-corrected chi connectivity index (χ1v) is 7.07. The van der Waals surface area contributed by atoms with Crippen LogP contribution in [-0.4, -0.2) is 14.2 Å². The normalized spacial score (nSPS) is 11.3. The van der Waals surface area contributed by atoms with Gasteiger partial charge in [0.05, 0.1) is 26.1 Å². The molecule has 0 amide bonds. The number of fused-ring (bicyclic) bond motifs is 1. The van der Waals surface area contributed by atoms with E-state index in [9.17, 15) is 5.26 Å². The molecule has 4 nitrogen and oxygen atoms in total. The predicted molar refractivity (Wildman–Crippen MR) is 89.2 cm³/mol. The fraction of sp³-hybridized carbons (Fsp3) is 0.105. The molecule has 0 saturated carbocycles. The van der Waals surface area contributed by atoms with Gasteiger partial charge in [0.1, 0.15) is 6.07 Å². The summed E-state index contributed by atoms with van der Waals surface area (Å²) < 4.78 is 16.1. The van der Waals surface area contributed by atoms with Crippen LogP contribution < -0.4 is 9.47 Å². The summed E-state index contributed by atoms with van der Waals surface area (Å²) in [5.74, 6) is 1.83. The fourth-order valence-corrected chi connectivity index (χ4v) is 2.46. The standard InChI is InChI=1S/C19H15NO3/c1-21-17-8-7-13(10-18(17)22-2)9-15(11-20)19-16-6-4-3-5-14(16)12-23-19/h3-10,12H,1-2H3. The Morgan fingerprint density at radius 1 is 1.09 bits per heavy atom. The average molecular weight is 305 g/mol. The smallest absolute Gasteiger partial charge is 0.161 e. The third-order valence-corrected chi connectivity index (χ3v) is 3.59. The van der Waals surface area contributed by atoms with E-state index in [-0.39, 0.29) is 0 Å². The van der Waals surface area contributed by atoms with Gasteiger partial charge in [0, 0.05) is 10.8 Å². The highest BCUT2D eigenvalue weighted by Gasteiger charge is 2.11. The Morgan fingerprint density at radius 2 is 1.87 bits per heavy atom. The minimum Gasteiger partial charge on any atom is -0.493 e. The number of allylic oxidation sites excluding steroid dienone is 1. The van der Waals surface area contributed by atoms with Crippen LogP contribution in [0.3, 0.4) is 0 Å². The maximum atomic E-state index is 9.51. The lowest BCUT2D eigenvalue weighted by Crippen LogP contribution is -1.90. The van der Waals surface area contributed by atoms with E-state index in [4.69, 9.17) is 13.9 Å². The van der Waals surface area contributed by atoms with Crippen LogP contribution in [0.15, 0.2) is 53.1 Å². The van der Waals surface area contributed by atoms with Crippen LogP contribution in [0.1, 0.15) is 11.3 Å². The van der Waals surface area contributed by atoms with Crippen molar-refractivity contribution in [1.29, 1.82) is 5.26 Å². The Morgan fingerprint density at radius 3 is 2.61 bits per heavy atom. The summed E-state index contributed by atoms with van der Waals surface area (Å²) in [6.07, 6.45) is 3.43. The zero-order chi connectivity index (χ0) is 16.2. The van der Waals surface area contributed by atoms with Crippen molar-refractivity contribution in [3.63, 3.8) is 0 Å². The van der Waals surface area contributed by atoms with Gasteiger partial charge in [-0.25, -0.2) is 0 Å². The molecule has 1 heterocycles. The van der Waals surface area contributed by atoms with Crippen LogP contribution in [0.2, 0.25) is 0 Å². The number of furan rings is 1. The van der Waals surface area contributed by atoms with Crippen molar-refractivity contribution in [2.75, 3.05) is 14.2 Å². The predicted octanol–water partition coefficient (Wildman–Crippen LogP) is 4.51. The van der Waals surface area contributed by atoms with E-state index in [0.717, 1.165) is 16.3 Å². The van der Waals surface area contributed by atoms with E-state index in [1.165, 1.54) is 0 Å². The molecule has 114 valence electrons. The van der Waals surface area contributed by atoms with E-state index >= 15 is 0 Å². The molecule has 4 heteroatoms. The Balaban J connectivity index is 2.08. The lowest BCUT2D eigenvalue weighted by Gasteiger charge is -2.07. The van der Waals surface area contributed by atoms with Crippen LogP contribution >= 0.6 is 0 Å². The third kappa shape index (κ3) is 2.77. The summed E-state index contributed by atoms with van der Waals surface area (Å²) in [6, 6.07) is 15.4. The molecule has 0 aliphatic heterocycles. The molecule has 0 aliphatic rings. The molecule has 2 aromatic carbocycles. The van der Waals surface area contributed by atoms with Gasteiger partial charge in [-0.3, -0.25) is 0 Å². The zero-order valence-corrected chi connectivity index (χ0v) is 12.9. The molecule has 23 heavy (non-hydrogen) atoms. The van der Waals surface area contributed by atoms with Crippen molar-refractivity contribution in [2.45, 2.75) is 0 Å². The van der Waals surface area contributed by atoms with Crippen LogP contribution in [-0.2, 0) is 0 Å². The number of ether oxygens (including phenoxy) is 2. The molecule has 0 saturated heterocycles. The van der Waals surface area contributed by atoms with Gasteiger partial charge in [0.15, 0.2) is 17.3 Å². The highest BCUT2D eigenvalue weighted by molar-refractivity contribution is 5.99. The zero-order valence-electron chi connectivity index (χ0n) is 12.9. The number of methoxy groups -OCH3 is 2. The molecule has 3 rings (SSSR count). The minimum absolute atomic E-state index is 0.457. The van der Waals surface area contributed by atoms with Gasteiger partial charge in [-0.1, -0.05) is 30.3 Å². The van der Waals surface area contributed by atoms with Crippen LogP contribution in [0.5, 0.6) is 11.5 Å². The van der Waals surface area contributed by atoms with Crippen molar-refractivity contribution in [3.8, 4) is 17.6 Å². The van der Waals surface area contributed by atoms with Gasteiger partial charge in [-0.15, -0.1) is 0 Å². The monoisotopic (exact) mass is 305 g/mol. The van der Waals surface area contributed by atoms with Gasteiger partial charge in [0.2, 0.25) is 0 Å². The molecule has 0 bridgehead atoms. The van der Waals surface area contributed by atoms with Crippen molar-refractivity contribution in [1.82, 2.24) is 0 Å². The third-order valence-electron chi connectivity index (χ3n) is 3.59. The van der Waals surface area contributed by atoms with Crippen molar-refractivity contribution >= 4 is 22.4 Å². The average Bonchev–Trinajstić information content (AvgIpc) is 3.03. The second-order valence-corrected chi connectivity index (χ2v) is 4.94. The molecule has 0 radical (unpaired) electrons. The van der Waals surface area contributed by atoms with Crippen LogP contribution in [0, 0.1) is 11.3 Å². The molecule has 0 spiro atoms. The number of rotatable bonds is 4. The van der Waals surface area contributed by atoms with Crippen molar-refractivity contribution < 1.29 is 13.9 Å². The van der Waals surface area contributed by atoms with Crippen molar-refractivity contribution in [3.05, 3.63) is 60.1 Å². The highest BCUT2D eigenvalue weighted by atomic mass is 16.5. The number of nitrogens with zero attached hydrogens (tertiary/aromatic N) is 1. The molecular weight excluding hydrogens is 290 g/mol. The summed E-state index contributed by atoms with van der Waals surface area (Å²) in [4.78, 5) is 0. The first kappa shape index (κ1) is 14.7. The Kier molecular flexibility index (Phi) is 4.03. The molecule has 0 unspecified atom stereocenters. The summed E-state index contributed by atoms with van der Waals surface area (Å²) in [5, 5.41) is 11.4. The molecule has 0 aliphatic carbocycles. The molecule has 0 atom stereocenters. The number of hydrogen-bond donors (Lipinski definition) is 0. The minimum atomic E-state index is 0.457. The topological polar surface area (TPSA) is 55.4 Å². The van der Waals surface area contributed by atoms with E-state index in [0.29, 0.717) is 22.8 Å².